The van der Waals surface area contributed by atoms with Gasteiger partial charge < -0.3 is 10.6 Å². The second-order valence-electron chi connectivity index (χ2n) is 4.15. The molecule has 1 saturated heterocycles. The number of rotatable bonds is 4. The van der Waals surface area contributed by atoms with Crippen molar-refractivity contribution < 1.29 is 18.8 Å². The Kier molecular flexibility index (Phi) is 4.33. The summed E-state index contributed by atoms with van der Waals surface area (Å²) in [5, 5.41) is 4.77. The van der Waals surface area contributed by atoms with Gasteiger partial charge in [-0.3, -0.25) is 14.5 Å². The maximum absolute atomic E-state index is 13.4. The molecule has 0 atom stereocenters. The summed E-state index contributed by atoms with van der Waals surface area (Å²) in [6.45, 7) is -0.500. The predicted octanol–water partition coefficient (Wildman–Crippen LogP) is 0.756. The number of carbonyl (C=O) groups excluding carboxylic acids is 3. The van der Waals surface area contributed by atoms with Gasteiger partial charge in [-0.05, 0) is 18.2 Å². The number of amides is 4. The lowest BCUT2D eigenvalue weighted by Crippen LogP contribution is -2.40. The predicted molar refractivity (Wildman–Crippen MR) is 71.1 cm³/mol. The van der Waals surface area contributed by atoms with Gasteiger partial charge in [0.15, 0.2) is 0 Å². The van der Waals surface area contributed by atoms with Gasteiger partial charge in [0, 0.05) is 16.6 Å². The van der Waals surface area contributed by atoms with Crippen molar-refractivity contribution in [1.82, 2.24) is 15.5 Å². The van der Waals surface area contributed by atoms with Gasteiger partial charge in [-0.15, -0.1) is 0 Å². The first-order valence-corrected chi connectivity index (χ1v) is 6.55. The van der Waals surface area contributed by atoms with Crippen molar-refractivity contribution in [2.45, 2.75) is 6.54 Å². The van der Waals surface area contributed by atoms with Crippen LogP contribution in [0.15, 0.2) is 22.7 Å². The molecule has 6 nitrogen and oxygen atoms in total. The van der Waals surface area contributed by atoms with Gasteiger partial charge in [0.1, 0.15) is 12.4 Å². The van der Waals surface area contributed by atoms with E-state index in [0.717, 1.165) is 4.90 Å². The van der Waals surface area contributed by atoms with E-state index in [1.54, 1.807) is 12.1 Å². The summed E-state index contributed by atoms with van der Waals surface area (Å²) in [6, 6.07) is 3.78. The molecule has 1 fully saturated rings. The van der Waals surface area contributed by atoms with Gasteiger partial charge in [0.25, 0.3) is 5.91 Å². The summed E-state index contributed by atoms with van der Waals surface area (Å²) in [5.41, 5.74) is 0.310. The Morgan fingerprint density at radius 3 is 2.85 bits per heavy atom. The van der Waals surface area contributed by atoms with E-state index in [0.29, 0.717) is 10.0 Å². The Labute approximate surface area is 122 Å². The van der Waals surface area contributed by atoms with E-state index < -0.39 is 23.7 Å². The lowest BCUT2D eigenvalue weighted by Gasteiger charge is -2.12. The van der Waals surface area contributed by atoms with Crippen LogP contribution in [0.25, 0.3) is 0 Å². The summed E-state index contributed by atoms with van der Waals surface area (Å²) < 4.78 is 14.1. The van der Waals surface area contributed by atoms with E-state index in [2.05, 4.69) is 26.6 Å². The Hall–Kier alpha value is -1.96. The minimum Gasteiger partial charge on any atom is -0.350 e. The summed E-state index contributed by atoms with van der Waals surface area (Å²) in [7, 11) is 0. The number of urea groups is 1. The van der Waals surface area contributed by atoms with E-state index in [1.807, 2.05) is 0 Å². The standard InChI is InChI=1S/C12H11BrFN3O3/c13-8-1-2-9(14)7(3-8)4-15-10(18)6-17-11(19)5-16-12(17)20/h1-3H,4-6H2,(H,15,18)(H,16,20). The zero-order chi connectivity index (χ0) is 14.7. The quantitative estimate of drug-likeness (QED) is 0.792. The molecule has 2 rings (SSSR count). The Bertz CT molecular complexity index is 563. The van der Waals surface area contributed by atoms with Crippen LogP contribution in [0.3, 0.4) is 0 Å². The maximum Gasteiger partial charge on any atom is 0.325 e. The van der Waals surface area contributed by atoms with Crippen molar-refractivity contribution in [3.63, 3.8) is 0 Å². The molecular formula is C12H11BrFN3O3. The summed E-state index contributed by atoms with van der Waals surface area (Å²) in [6.07, 6.45) is 0. The molecule has 0 unspecified atom stereocenters. The van der Waals surface area contributed by atoms with Gasteiger partial charge in [0.05, 0.1) is 6.54 Å². The van der Waals surface area contributed by atoms with E-state index >= 15 is 0 Å². The van der Waals surface area contributed by atoms with Crippen molar-refractivity contribution in [3.05, 3.63) is 34.1 Å². The second kappa shape index (κ2) is 6.00. The molecule has 0 bridgehead atoms. The van der Waals surface area contributed by atoms with Crippen LogP contribution < -0.4 is 10.6 Å². The number of nitrogens with one attached hydrogen (secondary N) is 2. The summed E-state index contributed by atoms with van der Waals surface area (Å²) in [5.74, 6) is -1.43. The average molecular weight is 344 g/mol. The van der Waals surface area contributed by atoms with E-state index in [-0.39, 0.29) is 19.6 Å². The lowest BCUT2D eigenvalue weighted by molar-refractivity contribution is -0.130. The molecule has 0 spiro atoms. The topological polar surface area (TPSA) is 78.5 Å². The molecule has 8 heteroatoms. The SMILES string of the molecule is O=C(CN1C(=O)CNC1=O)NCc1cc(Br)ccc1F. The highest BCUT2D eigenvalue weighted by Gasteiger charge is 2.29. The molecule has 0 radical (unpaired) electrons. The van der Waals surface area contributed by atoms with Crippen LogP contribution in [0.5, 0.6) is 0 Å². The molecule has 1 aliphatic rings. The van der Waals surface area contributed by atoms with Crippen molar-refractivity contribution in [1.29, 1.82) is 0 Å². The molecular weight excluding hydrogens is 333 g/mol. The Balaban J connectivity index is 1.91. The molecule has 1 heterocycles. The van der Waals surface area contributed by atoms with Crippen LogP contribution in [0.4, 0.5) is 9.18 Å². The number of nitrogens with zero attached hydrogens (tertiary/aromatic N) is 1. The van der Waals surface area contributed by atoms with E-state index in [1.165, 1.54) is 6.07 Å². The molecule has 1 aliphatic heterocycles. The van der Waals surface area contributed by atoms with E-state index in [9.17, 15) is 18.8 Å². The van der Waals surface area contributed by atoms with Crippen LogP contribution in [0.1, 0.15) is 5.56 Å². The van der Waals surface area contributed by atoms with Crippen LogP contribution in [0.2, 0.25) is 0 Å². The van der Waals surface area contributed by atoms with Crippen LogP contribution in [-0.4, -0.2) is 35.8 Å². The van der Waals surface area contributed by atoms with Gasteiger partial charge in [0.2, 0.25) is 5.91 Å². The number of carbonyl (C=O) groups is 3. The average Bonchev–Trinajstić information content (AvgIpc) is 2.71. The van der Waals surface area contributed by atoms with Gasteiger partial charge in [-0.25, -0.2) is 9.18 Å². The molecule has 1 aromatic rings. The molecule has 4 amide bonds. The third-order valence-corrected chi connectivity index (χ3v) is 3.22. The third-order valence-electron chi connectivity index (χ3n) is 2.72. The molecule has 2 N–H and O–H groups in total. The smallest absolute Gasteiger partial charge is 0.325 e. The highest BCUT2D eigenvalue weighted by atomic mass is 79.9. The monoisotopic (exact) mass is 343 g/mol. The number of imide groups is 1. The highest BCUT2D eigenvalue weighted by molar-refractivity contribution is 9.10. The first-order valence-electron chi connectivity index (χ1n) is 5.76. The van der Waals surface area contributed by atoms with Crippen molar-refractivity contribution in [3.8, 4) is 0 Å². The van der Waals surface area contributed by atoms with Crippen LogP contribution >= 0.6 is 15.9 Å². The Morgan fingerprint density at radius 2 is 2.20 bits per heavy atom. The number of hydrogen-bond donors (Lipinski definition) is 2. The van der Waals surface area contributed by atoms with Gasteiger partial charge in [-0.1, -0.05) is 15.9 Å². The minimum atomic E-state index is -0.598. The second-order valence-corrected chi connectivity index (χ2v) is 5.07. The number of hydrogen-bond acceptors (Lipinski definition) is 3. The molecule has 0 aliphatic carbocycles. The lowest BCUT2D eigenvalue weighted by atomic mass is 10.2. The van der Waals surface area contributed by atoms with Crippen molar-refractivity contribution in [2.24, 2.45) is 0 Å². The first-order chi connectivity index (χ1) is 9.47. The summed E-state index contributed by atoms with van der Waals surface area (Å²) in [4.78, 5) is 35.0. The fraction of sp³-hybridized carbons (Fsp3) is 0.250. The van der Waals surface area contributed by atoms with Crippen molar-refractivity contribution in [2.75, 3.05) is 13.1 Å². The maximum atomic E-state index is 13.4. The molecule has 0 saturated carbocycles. The summed E-state index contributed by atoms with van der Waals surface area (Å²) >= 11 is 3.20. The molecule has 106 valence electrons. The minimum absolute atomic E-state index is 0.0201. The normalized spacial score (nSPS) is 14.4. The Morgan fingerprint density at radius 1 is 1.45 bits per heavy atom. The third kappa shape index (κ3) is 3.32. The fourth-order valence-corrected chi connectivity index (χ4v) is 2.10. The molecule has 20 heavy (non-hydrogen) atoms. The number of halogens is 2. The highest BCUT2D eigenvalue weighted by Crippen LogP contribution is 2.15. The molecule has 0 aromatic heterocycles. The van der Waals surface area contributed by atoms with E-state index in [4.69, 9.17) is 0 Å². The zero-order valence-corrected chi connectivity index (χ0v) is 11.9. The zero-order valence-electron chi connectivity index (χ0n) is 10.3. The number of benzene rings is 1. The molecule has 1 aromatic carbocycles. The van der Waals surface area contributed by atoms with Gasteiger partial charge in [-0.2, -0.15) is 0 Å². The van der Waals surface area contributed by atoms with Crippen LogP contribution in [-0.2, 0) is 16.1 Å². The first kappa shape index (κ1) is 14.4. The van der Waals surface area contributed by atoms with Gasteiger partial charge >= 0.3 is 6.03 Å². The largest absolute Gasteiger partial charge is 0.350 e. The van der Waals surface area contributed by atoms with Crippen LogP contribution in [0, 0.1) is 5.82 Å². The van der Waals surface area contributed by atoms with Crippen molar-refractivity contribution >= 4 is 33.8 Å². The fourth-order valence-electron chi connectivity index (χ4n) is 1.69.